The van der Waals surface area contributed by atoms with Gasteiger partial charge in [0.15, 0.2) is 0 Å². The number of aliphatic hydroxyl groups is 1. The Morgan fingerprint density at radius 1 is 1.43 bits per heavy atom. The van der Waals surface area contributed by atoms with E-state index in [4.69, 9.17) is 4.74 Å². The van der Waals surface area contributed by atoms with Gasteiger partial charge in [0.1, 0.15) is 11.7 Å². The molecule has 0 aromatic carbocycles. The molecule has 4 heteroatoms. The van der Waals surface area contributed by atoms with Crippen LogP contribution in [0.5, 0.6) is 0 Å². The van der Waals surface area contributed by atoms with Gasteiger partial charge in [-0.3, -0.25) is 4.79 Å². The van der Waals surface area contributed by atoms with Crippen LogP contribution in [0.4, 0.5) is 0 Å². The second kappa shape index (κ2) is 5.69. The number of carbonyl (C=O) groups is 1. The topological polar surface area (TPSA) is 46.5 Å². The van der Waals surface area contributed by atoms with E-state index in [2.05, 4.69) is 36.4 Å². The Hall–Kier alpha value is -0.350. The number of carbonyl (C=O) groups excluding carboxylic acids is 1. The molecule has 120 valence electrons. The maximum atomic E-state index is 11.3. The third kappa shape index (κ3) is 3.21. The zero-order valence-corrected chi connectivity index (χ0v) is 15.1. The van der Waals surface area contributed by atoms with E-state index in [0.29, 0.717) is 18.3 Å². The fourth-order valence-corrected chi connectivity index (χ4v) is 4.69. The largest absolute Gasteiger partial charge is 0.459 e. The molecule has 0 saturated heterocycles. The quantitative estimate of drug-likeness (QED) is 0.440. The number of rotatable bonds is 1. The van der Waals surface area contributed by atoms with Crippen LogP contribution >= 0.6 is 15.9 Å². The first-order valence-electron chi connectivity index (χ1n) is 7.77. The molecule has 2 saturated carbocycles. The summed E-state index contributed by atoms with van der Waals surface area (Å²) in [5.41, 5.74) is 0.470. The average Bonchev–Trinajstić information content (AvgIpc) is 2.38. The lowest BCUT2D eigenvalue weighted by atomic mass is 9.52. The van der Waals surface area contributed by atoms with Gasteiger partial charge in [-0.15, -0.1) is 0 Å². The van der Waals surface area contributed by atoms with Gasteiger partial charge in [0.2, 0.25) is 0 Å². The van der Waals surface area contributed by atoms with E-state index in [1.54, 1.807) is 6.92 Å². The zero-order valence-electron chi connectivity index (χ0n) is 13.5. The highest BCUT2D eigenvalue weighted by Gasteiger charge is 2.52. The van der Waals surface area contributed by atoms with Gasteiger partial charge in [0, 0.05) is 11.8 Å². The lowest BCUT2D eigenvalue weighted by Gasteiger charge is -2.53. The Bertz CT molecular complexity index is 441. The highest BCUT2D eigenvalue weighted by Crippen LogP contribution is 2.57. The van der Waals surface area contributed by atoms with Crippen LogP contribution in [0.2, 0.25) is 0 Å². The van der Waals surface area contributed by atoms with Crippen LogP contribution in [0.25, 0.3) is 0 Å². The second-order valence-corrected chi connectivity index (χ2v) is 8.74. The number of alkyl halides is 1. The van der Waals surface area contributed by atoms with Crippen LogP contribution in [0.15, 0.2) is 12.2 Å². The van der Waals surface area contributed by atoms with Gasteiger partial charge in [-0.1, -0.05) is 41.9 Å². The maximum Gasteiger partial charge on any atom is 0.303 e. The van der Waals surface area contributed by atoms with E-state index in [0.717, 1.165) is 19.3 Å². The van der Waals surface area contributed by atoms with Gasteiger partial charge >= 0.3 is 5.97 Å². The van der Waals surface area contributed by atoms with Gasteiger partial charge in [0.25, 0.3) is 0 Å². The molecule has 3 nitrogen and oxygen atoms in total. The summed E-state index contributed by atoms with van der Waals surface area (Å²) in [5.74, 6) is 0.719. The van der Waals surface area contributed by atoms with Crippen LogP contribution < -0.4 is 0 Å². The van der Waals surface area contributed by atoms with Crippen LogP contribution in [0, 0.1) is 17.3 Å². The molecule has 0 aromatic heterocycles. The number of allylic oxidation sites excluding steroid dienone is 1. The van der Waals surface area contributed by atoms with Crippen LogP contribution in [-0.4, -0.2) is 27.6 Å². The van der Waals surface area contributed by atoms with E-state index in [9.17, 15) is 9.90 Å². The fraction of sp³-hybridized carbons (Fsp3) is 0.824. The van der Waals surface area contributed by atoms with Crippen molar-refractivity contribution in [1.29, 1.82) is 0 Å². The van der Waals surface area contributed by atoms with Crippen LogP contribution in [0.1, 0.15) is 53.4 Å². The monoisotopic (exact) mass is 358 g/mol. The Labute approximate surface area is 136 Å². The molecule has 5 atom stereocenters. The number of hydrogen-bond acceptors (Lipinski definition) is 3. The Morgan fingerprint density at radius 3 is 2.57 bits per heavy atom. The fourth-order valence-electron chi connectivity index (χ4n) is 3.99. The number of halogens is 1. The molecule has 1 N–H and O–H groups in total. The average molecular weight is 359 g/mol. The van der Waals surface area contributed by atoms with Gasteiger partial charge < -0.3 is 9.84 Å². The molecule has 0 spiro atoms. The second-order valence-electron chi connectivity index (χ2n) is 7.63. The first-order chi connectivity index (χ1) is 9.55. The van der Waals surface area contributed by atoms with Gasteiger partial charge in [0.05, 0.1) is 0 Å². The van der Waals surface area contributed by atoms with E-state index in [-0.39, 0.29) is 16.2 Å². The summed E-state index contributed by atoms with van der Waals surface area (Å²) in [6, 6.07) is 0. The SMILES string of the molecule is C=C1CC[C@@H](OC(C)=O)[C@](C)(O)[C@@H](Br)C[C@@H]2[C@@H]1CC2(C)C. The molecule has 2 aliphatic rings. The minimum absolute atomic E-state index is 0.0904. The molecular weight excluding hydrogens is 332 g/mol. The summed E-state index contributed by atoms with van der Waals surface area (Å²) < 4.78 is 5.40. The third-order valence-corrected chi connectivity index (χ3v) is 6.84. The summed E-state index contributed by atoms with van der Waals surface area (Å²) in [4.78, 5) is 11.3. The number of ether oxygens (including phenoxy) is 1. The molecule has 2 fully saturated rings. The van der Waals surface area contributed by atoms with Crippen LogP contribution in [0.3, 0.4) is 0 Å². The summed E-state index contributed by atoms with van der Waals surface area (Å²) in [5, 5.41) is 10.9. The molecule has 2 aliphatic carbocycles. The molecule has 2 rings (SSSR count). The summed E-state index contributed by atoms with van der Waals surface area (Å²) in [6.45, 7) is 12.0. The van der Waals surface area contributed by atoms with E-state index >= 15 is 0 Å². The Balaban J connectivity index is 2.25. The lowest BCUT2D eigenvalue weighted by molar-refractivity contribution is -0.162. The molecule has 21 heavy (non-hydrogen) atoms. The first-order valence-corrected chi connectivity index (χ1v) is 8.68. The normalized spacial score (nSPS) is 42.9. The van der Waals surface area contributed by atoms with Crippen molar-refractivity contribution in [1.82, 2.24) is 0 Å². The van der Waals surface area contributed by atoms with Crippen molar-refractivity contribution in [2.45, 2.75) is 69.9 Å². The van der Waals surface area contributed by atoms with Crippen molar-refractivity contribution >= 4 is 21.9 Å². The summed E-state index contributed by atoms with van der Waals surface area (Å²) >= 11 is 3.66. The molecule has 0 aromatic rings. The zero-order chi connectivity index (χ0) is 16.0. The molecule has 0 aliphatic heterocycles. The third-order valence-electron chi connectivity index (χ3n) is 5.54. The van der Waals surface area contributed by atoms with Crippen molar-refractivity contribution in [2.75, 3.05) is 0 Å². The van der Waals surface area contributed by atoms with Crippen molar-refractivity contribution in [3.8, 4) is 0 Å². The van der Waals surface area contributed by atoms with Crippen molar-refractivity contribution < 1.29 is 14.6 Å². The summed E-state index contributed by atoms with van der Waals surface area (Å²) in [7, 11) is 0. The standard InChI is InChI=1S/C17H27BrO3/c1-10-6-7-15(21-11(2)19)17(5,20)14(18)8-13-12(10)9-16(13,3)4/h12-15,20H,1,6-9H2,2-5H3/t12-,13-,14+,15-,17-/m1/s1. The molecule has 0 unspecified atom stereocenters. The van der Waals surface area contributed by atoms with E-state index < -0.39 is 11.7 Å². The molecule has 0 bridgehead atoms. The minimum atomic E-state index is -1.06. The molecule has 0 heterocycles. The van der Waals surface area contributed by atoms with Gasteiger partial charge in [-0.05, 0) is 49.9 Å². The number of fused-ring (bicyclic) bond motifs is 1. The molecule has 0 radical (unpaired) electrons. The van der Waals surface area contributed by atoms with Crippen molar-refractivity contribution in [3.05, 3.63) is 12.2 Å². The lowest BCUT2D eigenvalue weighted by Crippen LogP contribution is -2.51. The van der Waals surface area contributed by atoms with E-state index in [1.807, 2.05) is 0 Å². The van der Waals surface area contributed by atoms with Gasteiger partial charge in [-0.25, -0.2) is 0 Å². The number of hydrogen-bond donors (Lipinski definition) is 1. The van der Waals surface area contributed by atoms with Gasteiger partial charge in [-0.2, -0.15) is 0 Å². The van der Waals surface area contributed by atoms with Crippen molar-refractivity contribution in [2.24, 2.45) is 17.3 Å². The maximum absolute atomic E-state index is 11.3. The Kier molecular flexibility index (Phi) is 4.61. The predicted molar refractivity (Wildman–Crippen MR) is 87.3 cm³/mol. The van der Waals surface area contributed by atoms with Crippen molar-refractivity contribution in [3.63, 3.8) is 0 Å². The minimum Gasteiger partial charge on any atom is -0.459 e. The van der Waals surface area contributed by atoms with E-state index in [1.165, 1.54) is 12.5 Å². The molecule has 0 amide bonds. The Morgan fingerprint density at radius 2 is 2.05 bits per heavy atom. The molecular formula is C17H27BrO3. The highest BCUT2D eigenvalue weighted by atomic mass is 79.9. The summed E-state index contributed by atoms with van der Waals surface area (Å²) in [6.07, 6.45) is 3.00. The van der Waals surface area contributed by atoms with Crippen LogP contribution in [-0.2, 0) is 9.53 Å². The predicted octanol–water partition coefficient (Wildman–Crippen LogP) is 3.84. The highest BCUT2D eigenvalue weighted by molar-refractivity contribution is 9.09. The first kappa shape index (κ1) is 17.0. The smallest absolute Gasteiger partial charge is 0.303 e. The number of esters is 1.